The van der Waals surface area contributed by atoms with Crippen LogP contribution in [0.25, 0.3) is 0 Å². The number of aryl methyl sites for hydroxylation is 1. The number of nitrogens with one attached hydrogen (secondary N) is 1. The van der Waals surface area contributed by atoms with E-state index in [-0.39, 0.29) is 30.1 Å². The maximum Gasteiger partial charge on any atom is 0.194 e. The minimum absolute atomic E-state index is 0. The zero-order chi connectivity index (χ0) is 21.5. The molecule has 0 saturated carbocycles. The number of aromatic nitrogens is 2. The topological polar surface area (TPSA) is 63.9 Å². The molecule has 170 valence electrons. The van der Waals surface area contributed by atoms with Crippen molar-refractivity contribution < 1.29 is 9.47 Å². The van der Waals surface area contributed by atoms with E-state index in [1.165, 1.54) is 0 Å². The first-order valence-corrected chi connectivity index (χ1v) is 10.7. The van der Waals surface area contributed by atoms with E-state index in [0.29, 0.717) is 13.2 Å². The van der Waals surface area contributed by atoms with Crippen molar-refractivity contribution in [1.82, 2.24) is 20.0 Å². The summed E-state index contributed by atoms with van der Waals surface area (Å²) in [5, 5.41) is 7.70. The summed E-state index contributed by atoms with van der Waals surface area (Å²) < 4.78 is 13.9. The predicted octanol–water partition coefficient (Wildman–Crippen LogP) is 4.37. The lowest BCUT2D eigenvalue weighted by Crippen LogP contribution is -2.48. The fraction of sp³-hybridized carbons (Fsp3) is 0.333. The molecule has 32 heavy (non-hydrogen) atoms. The molecule has 1 aromatic heterocycles. The van der Waals surface area contributed by atoms with Crippen LogP contribution < -0.4 is 10.1 Å². The number of aliphatic imine (C=N–C) groups is 1. The molecule has 0 amide bonds. The van der Waals surface area contributed by atoms with Gasteiger partial charge in [0.05, 0.1) is 25.9 Å². The number of para-hydroxylation sites is 2. The van der Waals surface area contributed by atoms with Gasteiger partial charge >= 0.3 is 0 Å². The third-order valence-corrected chi connectivity index (χ3v) is 5.14. The van der Waals surface area contributed by atoms with Gasteiger partial charge in [-0.2, -0.15) is 5.10 Å². The summed E-state index contributed by atoms with van der Waals surface area (Å²) in [4.78, 5) is 7.17. The Bertz CT molecular complexity index is 1010. The van der Waals surface area contributed by atoms with Crippen molar-refractivity contribution in [3.8, 4) is 11.5 Å². The lowest BCUT2D eigenvalue weighted by Gasteiger charge is -2.34. The summed E-state index contributed by atoms with van der Waals surface area (Å²) in [6, 6.07) is 17.9. The molecule has 0 radical (unpaired) electrons. The van der Waals surface area contributed by atoms with E-state index in [0.717, 1.165) is 48.2 Å². The molecule has 1 saturated heterocycles. The van der Waals surface area contributed by atoms with Gasteiger partial charge in [0, 0.05) is 37.5 Å². The first-order valence-electron chi connectivity index (χ1n) is 10.7. The molecule has 1 unspecified atom stereocenters. The monoisotopic (exact) mass is 547 g/mol. The van der Waals surface area contributed by atoms with Crippen LogP contribution >= 0.6 is 24.0 Å². The molecule has 0 bridgehead atoms. The fourth-order valence-electron chi connectivity index (χ4n) is 3.59. The molecular weight excluding hydrogens is 517 g/mol. The highest BCUT2D eigenvalue weighted by atomic mass is 127. The number of benzene rings is 2. The minimum Gasteiger partial charge on any atom is -0.457 e. The molecule has 0 spiro atoms. The number of guanidine groups is 1. The Balaban J connectivity index is 0.00000289. The summed E-state index contributed by atoms with van der Waals surface area (Å²) >= 11 is 0. The number of halogens is 1. The summed E-state index contributed by atoms with van der Waals surface area (Å²) in [7, 11) is 1.92. The minimum atomic E-state index is -0.0139. The number of hydrogen-bond acceptors (Lipinski definition) is 4. The lowest BCUT2D eigenvalue weighted by atomic mass is 10.1. The van der Waals surface area contributed by atoms with Crippen molar-refractivity contribution in [3.63, 3.8) is 0 Å². The van der Waals surface area contributed by atoms with Crippen LogP contribution in [0.1, 0.15) is 24.2 Å². The molecule has 2 heterocycles. The molecule has 1 atom stereocenters. The normalized spacial score (nSPS) is 16.4. The Morgan fingerprint density at radius 2 is 1.97 bits per heavy atom. The van der Waals surface area contributed by atoms with Gasteiger partial charge in [0.25, 0.3) is 0 Å². The van der Waals surface area contributed by atoms with Gasteiger partial charge in [-0.25, -0.2) is 4.99 Å². The Hall–Kier alpha value is -2.59. The molecule has 8 heteroatoms. The quantitative estimate of drug-likeness (QED) is 0.282. The maximum atomic E-state index is 6.09. The van der Waals surface area contributed by atoms with Crippen LogP contribution in [0.15, 0.2) is 72.0 Å². The van der Waals surface area contributed by atoms with Crippen molar-refractivity contribution in [2.75, 3.05) is 26.2 Å². The highest BCUT2D eigenvalue weighted by Crippen LogP contribution is 2.26. The van der Waals surface area contributed by atoms with E-state index < -0.39 is 0 Å². The molecule has 4 rings (SSSR count). The zero-order valence-corrected chi connectivity index (χ0v) is 20.8. The van der Waals surface area contributed by atoms with Gasteiger partial charge in [-0.1, -0.05) is 36.4 Å². The number of ether oxygens (including phenoxy) is 2. The van der Waals surface area contributed by atoms with Crippen molar-refractivity contribution in [1.29, 1.82) is 0 Å². The molecule has 0 aliphatic carbocycles. The highest BCUT2D eigenvalue weighted by molar-refractivity contribution is 14.0. The molecule has 1 fully saturated rings. The Kier molecular flexibility index (Phi) is 8.92. The van der Waals surface area contributed by atoms with Gasteiger partial charge in [0.15, 0.2) is 5.96 Å². The Labute approximate surface area is 206 Å². The third kappa shape index (κ3) is 6.23. The van der Waals surface area contributed by atoms with Gasteiger partial charge < -0.3 is 19.7 Å². The van der Waals surface area contributed by atoms with Crippen LogP contribution in [0, 0.1) is 0 Å². The molecule has 7 nitrogen and oxygen atoms in total. The average molecular weight is 547 g/mol. The molecule has 3 aromatic rings. The van der Waals surface area contributed by atoms with Crippen molar-refractivity contribution >= 4 is 29.9 Å². The van der Waals surface area contributed by atoms with Crippen LogP contribution in [0.5, 0.6) is 11.5 Å². The lowest BCUT2D eigenvalue weighted by molar-refractivity contribution is -0.00805. The molecular formula is C24H30IN5O2. The second kappa shape index (κ2) is 11.9. The number of morpholine rings is 1. The second-order valence-corrected chi connectivity index (χ2v) is 7.45. The van der Waals surface area contributed by atoms with Crippen LogP contribution in [-0.4, -0.2) is 46.9 Å². The summed E-state index contributed by atoms with van der Waals surface area (Å²) in [6.45, 7) is 5.60. The van der Waals surface area contributed by atoms with Gasteiger partial charge in [-0.05, 0) is 25.1 Å². The number of rotatable bonds is 6. The standard InChI is InChI=1S/C24H29N5O2.HI/c1-3-25-24(29-13-14-30-23(18-29)20-16-27-28(2)17-20)26-15-19-9-7-8-12-22(19)31-21-10-5-4-6-11-21;/h4-12,16-17,23H,3,13-15,18H2,1-2H3,(H,25,26);1H. The molecule has 1 aliphatic heterocycles. The van der Waals surface area contributed by atoms with Gasteiger partial charge in [0.2, 0.25) is 0 Å². The van der Waals surface area contributed by atoms with Crippen molar-refractivity contribution in [2.45, 2.75) is 19.6 Å². The van der Waals surface area contributed by atoms with Gasteiger partial charge in [-0.15, -0.1) is 24.0 Å². The van der Waals surface area contributed by atoms with Gasteiger partial charge in [-0.3, -0.25) is 4.68 Å². The maximum absolute atomic E-state index is 6.09. The molecule has 1 aliphatic rings. The summed E-state index contributed by atoms with van der Waals surface area (Å²) in [6.07, 6.45) is 3.87. The number of nitrogens with zero attached hydrogens (tertiary/aromatic N) is 4. The van der Waals surface area contributed by atoms with E-state index in [9.17, 15) is 0 Å². The van der Waals surface area contributed by atoms with Crippen molar-refractivity contribution in [2.24, 2.45) is 12.0 Å². The van der Waals surface area contributed by atoms with Crippen LogP contribution in [0.3, 0.4) is 0 Å². The fourth-order valence-corrected chi connectivity index (χ4v) is 3.59. The van der Waals surface area contributed by atoms with Crippen molar-refractivity contribution in [3.05, 3.63) is 78.1 Å². The Morgan fingerprint density at radius 3 is 2.72 bits per heavy atom. The molecule has 2 aromatic carbocycles. The van der Waals surface area contributed by atoms with Crippen LogP contribution in [0.4, 0.5) is 0 Å². The highest BCUT2D eigenvalue weighted by Gasteiger charge is 2.25. The predicted molar refractivity (Wildman–Crippen MR) is 137 cm³/mol. The van der Waals surface area contributed by atoms with E-state index in [4.69, 9.17) is 14.5 Å². The van der Waals surface area contributed by atoms with Crippen LogP contribution in [0.2, 0.25) is 0 Å². The first-order chi connectivity index (χ1) is 15.2. The SMILES string of the molecule is CCNC(=NCc1ccccc1Oc1ccccc1)N1CCOC(c2cnn(C)c2)C1.I. The Morgan fingerprint density at radius 1 is 1.19 bits per heavy atom. The summed E-state index contributed by atoms with van der Waals surface area (Å²) in [5.41, 5.74) is 2.13. The smallest absolute Gasteiger partial charge is 0.194 e. The zero-order valence-electron chi connectivity index (χ0n) is 18.5. The van der Waals surface area contributed by atoms with Gasteiger partial charge in [0.1, 0.15) is 17.6 Å². The molecule has 1 N–H and O–H groups in total. The van der Waals surface area contributed by atoms with E-state index in [1.54, 1.807) is 4.68 Å². The van der Waals surface area contributed by atoms with E-state index in [1.807, 2.05) is 68.0 Å². The third-order valence-electron chi connectivity index (χ3n) is 5.14. The first kappa shape index (κ1) is 24.1. The van der Waals surface area contributed by atoms with E-state index >= 15 is 0 Å². The number of hydrogen-bond donors (Lipinski definition) is 1. The summed E-state index contributed by atoms with van der Waals surface area (Å²) in [5.74, 6) is 2.52. The average Bonchev–Trinajstić information content (AvgIpc) is 3.25. The largest absolute Gasteiger partial charge is 0.457 e. The second-order valence-electron chi connectivity index (χ2n) is 7.45. The van der Waals surface area contributed by atoms with Crippen LogP contribution in [-0.2, 0) is 18.3 Å². The van der Waals surface area contributed by atoms with E-state index in [2.05, 4.69) is 28.3 Å².